The predicted molar refractivity (Wildman–Crippen MR) is 132 cm³/mol. The Labute approximate surface area is 205 Å². The first-order valence-corrected chi connectivity index (χ1v) is 11.6. The molecule has 0 saturated carbocycles. The van der Waals surface area contributed by atoms with Crippen LogP contribution < -0.4 is 21.7 Å². The second kappa shape index (κ2) is 14.5. The lowest BCUT2D eigenvalue weighted by atomic mass is 10.0. The van der Waals surface area contributed by atoms with Crippen molar-refractivity contribution in [3.63, 3.8) is 0 Å². The topological polar surface area (TPSA) is 140 Å². The van der Waals surface area contributed by atoms with E-state index in [1.165, 1.54) is 0 Å². The highest BCUT2D eigenvalue weighted by Gasteiger charge is 2.27. The molecule has 2 atom stereocenters. The van der Waals surface area contributed by atoms with Gasteiger partial charge in [0.2, 0.25) is 17.7 Å². The second-order valence-electron chi connectivity index (χ2n) is 8.57. The van der Waals surface area contributed by atoms with Gasteiger partial charge in [-0.25, -0.2) is 0 Å². The summed E-state index contributed by atoms with van der Waals surface area (Å²) in [5.41, 5.74) is 7.09. The number of hydrogen-bond acceptors (Lipinski definition) is 6. The van der Waals surface area contributed by atoms with Crippen molar-refractivity contribution >= 4 is 23.7 Å². The van der Waals surface area contributed by atoms with E-state index in [4.69, 9.17) is 10.5 Å². The Bertz CT molecular complexity index is 966. The zero-order chi connectivity index (χ0) is 25.6. The van der Waals surface area contributed by atoms with Crippen molar-refractivity contribution in [3.05, 3.63) is 71.8 Å². The number of rotatable bonds is 13. The van der Waals surface area contributed by atoms with Crippen molar-refractivity contribution in [2.45, 2.75) is 45.4 Å². The maximum Gasteiger partial charge on any atom is 0.325 e. The summed E-state index contributed by atoms with van der Waals surface area (Å²) in [6.45, 7) is 3.34. The smallest absolute Gasteiger partial charge is 0.325 e. The highest BCUT2D eigenvalue weighted by atomic mass is 16.5. The first-order valence-electron chi connectivity index (χ1n) is 11.6. The molecule has 0 spiro atoms. The van der Waals surface area contributed by atoms with Gasteiger partial charge in [-0.2, -0.15) is 0 Å². The zero-order valence-corrected chi connectivity index (χ0v) is 20.2. The summed E-state index contributed by atoms with van der Waals surface area (Å²) in [5, 5.41) is 7.87. The number of hydrogen-bond donors (Lipinski definition) is 4. The third-order valence-electron chi connectivity index (χ3n) is 5.11. The highest BCUT2D eigenvalue weighted by Crippen LogP contribution is 2.08. The Morgan fingerprint density at radius 1 is 0.829 bits per heavy atom. The average Bonchev–Trinajstić information content (AvgIpc) is 2.86. The predicted octanol–water partition coefficient (Wildman–Crippen LogP) is 1.06. The number of nitrogens with two attached hydrogens (primary N) is 1. The molecule has 0 aliphatic carbocycles. The molecule has 9 nitrogen and oxygen atoms in total. The van der Waals surface area contributed by atoms with Gasteiger partial charge in [0.15, 0.2) is 0 Å². The SMILES string of the molecule is CC(C)CC(NC(=O)C(Cc1ccccc1)NC(=O)CN)C(=O)NCC(=O)OCc1ccccc1. The third-order valence-corrected chi connectivity index (χ3v) is 5.11. The molecular formula is C26H34N4O5. The first kappa shape index (κ1) is 27.5. The Morgan fingerprint density at radius 2 is 1.43 bits per heavy atom. The molecule has 3 amide bonds. The van der Waals surface area contributed by atoms with Gasteiger partial charge in [-0.1, -0.05) is 74.5 Å². The molecule has 188 valence electrons. The summed E-state index contributed by atoms with van der Waals surface area (Å²) in [5.74, 6) is -2.00. The molecule has 0 aliphatic rings. The number of benzene rings is 2. The Balaban J connectivity index is 1.98. The van der Waals surface area contributed by atoms with Crippen molar-refractivity contribution < 1.29 is 23.9 Å². The van der Waals surface area contributed by atoms with E-state index in [9.17, 15) is 19.2 Å². The van der Waals surface area contributed by atoms with E-state index in [0.717, 1.165) is 11.1 Å². The van der Waals surface area contributed by atoms with Gasteiger partial charge in [-0.05, 0) is 23.5 Å². The van der Waals surface area contributed by atoms with Crippen LogP contribution in [0.5, 0.6) is 0 Å². The van der Waals surface area contributed by atoms with E-state index < -0.39 is 35.8 Å². The van der Waals surface area contributed by atoms with Crippen molar-refractivity contribution in [3.8, 4) is 0 Å². The van der Waals surface area contributed by atoms with Crippen LogP contribution in [0.2, 0.25) is 0 Å². The van der Waals surface area contributed by atoms with E-state index in [0.29, 0.717) is 6.42 Å². The monoisotopic (exact) mass is 482 g/mol. The quantitative estimate of drug-likeness (QED) is 0.315. The van der Waals surface area contributed by atoms with Crippen LogP contribution in [0.4, 0.5) is 0 Å². The van der Waals surface area contributed by atoms with Crippen LogP contribution in [0.3, 0.4) is 0 Å². The fourth-order valence-corrected chi connectivity index (χ4v) is 3.36. The molecule has 2 rings (SSSR count). The van der Waals surface area contributed by atoms with Crippen LogP contribution >= 0.6 is 0 Å². The summed E-state index contributed by atoms with van der Waals surface area (Å²) in [6, 6.07) is 16.6. The summed E-state index contributed by atoms with van der Waals surface area (Å²) in [6.07, 6.45) is 0.583. The first-order chi connectivity index (χ1) is 16.8. The van der Waals surface area contributed by atoms with Crippen molar-refractivity contribution in [1.82, 2.24) is 16.0 Å². The highest BCUT2D eigenvalue weighted by molar-refractivity contribution is 5.93. The molecule has 0 bridgehead atoms. The number of esters is 1. The Morgan fingerprint density at radius 3 is 2.00 bits per heavy atom. The molecule has 9 heteroatoms. The fraction of sp³-hybridized carbons (Fsp3) is 0.385. The van der Waals surface area contributed by atoms with E-state index in [1.54, 1.807) is 0 Å². The van der Waals surface area contributed by atoms with Crippen molar-refractivity contribution in [1.29, 1.82) is 0 Å². The van der Waals surface area contributed by atoms with E-state index >= 15 is 0 Å². The van der Waals surface area contributed by atoms with Gasteiger partial charge < -0.3 is 26.4 Å². The van der Waals surface area contributed by atoms with Crippen molar-refractivity contribution in [2.75, 3.05) is 13.1 Å². The summed E-state index contributed by atoms with van der Waals surface area (Å²) in [7, 11) is 0. The minimum atomic E-state index is -0.910. The van der Waals surface area contributed by atoms with Gasteiger partial charge in [0, 0.05) is 6.42 Å². The standard InChI is InChI=1S/C26H34N4O5/c1-18(2)13-21(25(33)28-16-24(32)35-17-20-11-7-4-8-12-20)30-26(34)22(29-23(31)15-27)14-19-9-5-3-6-10-19/h3-12,18,21-22H,13-17,27H2,1-2H3,(H,28,33)(H,29,31)(H,30,34). The van der Waals surface area contributed by atoms with E-state index in [1.807, 2.05) is 74.5 Å². The lowest BCUT2D eigenvalue weighted by molar-refractivity contribution is -0.145. The molecule has 0 fully saturated rings. The van der Waals surface area contributed by atoms with Gasteiger partial charge in [-0.15, -0.1) is 0 Å². The number of nitrogens with one attached hydrogen (secondary N) is 3. The van der Waals surface area contributed by atoms with Crippen LogP contribution in [0, 0.1) is 5.92 Å². The van der Waals surface area contributed by atoms with Crippen LogP contribution in [-0.4, -0.2) is 48.9 Å². The minimum Gasteiger partial charge on any atom is -0.460 e. The maximum absolute atomic E-state index is 13.1. The summed E-state index contributed by atoms with van der Waals surface area (Å²) in [4.78, 5) is 49.8. The largest absolute Gasteiger partial charge is 0.460 e. The van der Waals surface area contributed by atoms with Crippen molar-refractivity contribution in [2.24, 2.45) is 11.7 Å². The Kier molecular flexibility index (Phi) is 11.4. The molecule has 0 radical (unpaired) electrons. The third kappa shape index (κ3) is 10.4. The molecule has 2 unspecified atom stereocenters. The molecule has 0 aromatic heterocycles. The lowest BCUT2D eigenvalue weighted by Gasteiger charge is -2.24. The van der Waals surface area contributed by atoms with Crippen LogP contribution in [0.1, 0.15) is 31.4 Å². The van der Waals surface area contributed by atoms with Gasteiger partial charge in [0.1, 0.15) is 25.2 Å². The molecule has 0 aliphatic heterocycles. The maximum atomic E-state index is 13.1. The van der Waals surface area contributed by atoms with Gasteiger partial charge in [0.25, 0.3) is 0 Å². The fourth-order valence-electron chi connectivity index (χ4n) is 3.36. The molecule has 0 heterocycles. The average molecular weight is 483 g/mol. The normalized spacial score (nSPS) is 12.3. The molecule has 35 heavy (non-hydrogen) atoms. The van der Waals surface area contributed by atoms with Gasteiger partial charge in [0.05, 0.1) is 6.54 Å². The van der Waals surface area contributed by atoms with Crippen LogP contribution in [-0.2, 0) is 36.9 Å². The Hall–Kier alpha value is -3.72. The number of carbonyl (C=O) groups is 4. The molecule has 2 aromatic carbocycles. The minimum absolute atomic E-state index is 0.0855. The van der Waals surface area contributed by atoms with E-state index in [-0.39, 0.29) is 32.0 Å². The summed E-state index contributed by atoms with van der Waals surface area (Å²) >= 11 is 0. The zero-order valence-electron chi connectivity index (χ0n) is 20.2. The van der Waals surface area contributed by atoms with Gasteiger partial charge >= 0.3 is 5.97 Å². The summed E-state index contributed by atoms with van der Waals surface area (Å²) < 4.78 is 5.18. The number of ether oxygens (including phenoxy) is 1. The van der Waals surface area contributed by atoms with E-state index in [2.05, 4.69) is 16.0 Å². The number of carbonyl (C=O) groups excluding carboxylic acids is 4. The molecule has 5 N–H and O–H groups in total. The molecule has 2 aromatic rings. The number of amides is 3. The molecular weight excluding hydrogens is 448 g/mol. The lowest BCUT2D eigenvalue weighted by Crippen LogP contribution is -2.55. The van der Waals surface area contributed by atoms with Crippen LogP contribution in [0.25, 0.3) is 0 Å². The second-order valence-corrected chi connectivity index (χ2v) is 8.57. The van der Waals surface area contributed by atoms with Gasteiger partial charge in [-0.3, -0.25) is 19.2 Å². The van der Waals surface area contributed by atoms with Crippen LogP contribution in [0.15, 0.2) is 60.7 Å². The molecule has 0 saturated heterocycles.